The summed E-state index contributed by atoms with van der Waals surface area (Å²) in [7, 11) is 0. The number of phenols is 1. The van der Waals surface area contributed by atoms with Crippen LogP contribution in [0.3, 0.4) is 0 Å². The third kappa shape index (κ3) is 2.41. The minimum Gasteiger partial charge on any atom is -0.506 e. The van der Waals surface area contributed by atoms with Gasteiger partial charge in [-0.25, -0.2) is 0 Å². The lowest BCUT2D eigenvalue weighted by Gasteiger charge is -2.07. The predicted molar refractivity (Wildman–Crippen MR) is 75.8 cm³/mol. The van der Waals surface area contributed by atoms with Gasteiger partial charge in [-0.1, -0.05) is 12.1 Å². The summed E-state index contributed by atoms with van der Waals surface area (Å²) in [4.78, 5) is 1.42. The molecule has 0 spiro atoms. The van der Waals surface area contributed by atoms with Gasteiger partial charge in [0.1, 0.15) is 40.9 Å². The van der Waals surface area contributed by atoms with E-state index in [1.165, 1.54) is 4.80 Å². The van der Waals surface area contributed by atoms with Gasteiger partial charge >= 0.3 is 0 Å². The molecule has 0 amide bonds. The highest BCUT2D eigenvalue weighted by Crippen LogP contribution is 2.27. The van der Waals surface area contributed by atoms with Crippen LogP contribution in [-0.4, -0.2) is 39.4 Å². The Labute approximate surface area is 120 Å². The van der Waals surface area contributed by atoms with Crippen LogP contribution in [0.2, 0.25) is 0 Å². The summed E-state index contributed by atoms with van der Waals surface area (Å²) >= 11 is 0. The summed E-state index contributed by atoms with van der Waals surface area (Å²) in [6.07, 6.45) is 0.188. The first kappa shape index (κ1) is 12.2. The third-order valence-corrected chi connectivity index (χ3v) is 3.29. The van der Waals surface area contributed by atoms with Crippen molar-refractivity contribution in [3.8, 4) is 17.2 Å². The molecule has 106 valence electrons. The van der Waals surface area contributed by atoms with Crippen molar-refractivity contribution in [3.63, 3.8) is 0 Å². The Kier molecular flexibility index (Phi) is 2.75. The fraction of sp³-hybridized carbons (Fsp3) is 0.200. The van der Waals surface area contributed by atoms with Gasteiger partial charge in [0.05, 0.1) is 6.61 Å². The maximum Gasteiger partial charge on any atom is 0.143 e. The van der Waals surface area contributed by atoms with Crippen LogP contribution in [0.4, 0.5) is 0 Å². The molecule has 0 aliphatic carbocycles. The number of aromatic nitrogens is 3. The zero-order chi connectivity index (χ0) is 14.2. The number of hydrogen-bond acceptors (Lipinski definition) is 5. The smallest absolute Gasteiger partial charge is 0.143 e. The van der Waals surface area contributed by atoms with E-state index in [9.17, 15) is 5.11 Å². The molecule has 1 aromatic heterocycles. The molecule has 2 heterocycles. The van der Waals surface area contributed by atoms with E-state index >= 15 is 0 Å². The fourth-order valence-electron chi connectivity index (χ4n) is 2.07. The molecule has 1 atom stereocenters. The Hall–Kier alpha value is -2.60. The Bertz CT molecular complexity index is 763. The van der Waals surface area contributed by atoms with E-state index < -0.39 is 0 Å². The monoisotopic (exact) mass is 283 g/mol. The standard InChI is InChI=1S/C15H13N3O3/c19-15-6-5-10(20-8-11-9-21-11)7-14(15)18-16-12-3-1-2-4-13(12)17-18/h1-7,11,19H,8-9H2. The third-order valence-electron chi connectivity index (χ3n) is 3.29. The number of fused-ring (bicyclic) bond motifs is 1. The summed E-state index contributed by atoms with van der Waals surface area (Å²) in [5, 5.41) is 18.7. The summed E-state index contributed by atoms with van der Waals surface area (Å²) in [6.45, 7) is 1.26. The quantitative estimate of drug-likeness (QED) is 0.740. The van der Waals surface area contributed by atoms with Gasteiger partial charge in [0.15, 0.2) is 0 Å². The van der Waals surface area contributed by atoms with E-state index in [0.29, 0.717) is 18.0 Å². The molecule has 1 aliphatic heterocycles. The zero-order valence-corrected chi connectivity index (χ0v) is 11.1. The number of benzene rings is 2. The van der Waals surface area contributed by atoms with E-state index in [0.717, 1.165) is 17.6 Å². The van der Waals surface area contributed by atoms with Crippen LogP contribution in [0.25, 0.3) is 16.7 Å². The maximum absolute atomic E-state index is 10.0. The number of hydrogen-bond donors (Lipinski definition) is 1. The molecular formula is C15H13N3O3. The molecule has 1 fully saturated rings. The first-order valence-electron chi connectivity index (χ1n) is 6.69. The van der Waals surface area contributed by atoms with E-state index in [2.05, 4.69) is 10.2 Å². The Balaban J connectivity index is 1.69. The number of rotatable bonds is 4. The molecule has 1 saturated heterocycles. The van der Waals surface area contributed by atoms with Crippen molar-refractivity contribution in [2.24, 2.45) is 0 Å². The maximum atomic E-state index is 10.0. The van der Waals surface area contributed by atoms with E-state index in [4.69, 9.17) is 9.47 Å². The SMILES string of the molecule is Oc1ccc(OCC2CO2)cc1-n1nc2ccccc2n1. The molecular weight excluding hydrogens is 270 g/mol. The summed E-state index contributed by atoms with van der Waals surface area (Å²) in [6, 6.07) is 12.6. The molecule has 1 unspecified atom stereocenters. The average Bonchev–Trinajstić information content (AvgIpc) is 3.23. The molecule has 1 N–H and O–H groups in total. The molecule has 6 heteroatoms. The molecule has 3 aromatic rings. The molecule has 21 heavy (non-hydrogen) atoms. The van der Waals surface area contributed by atoms with Gasteiger partial charge in [-0.15, -0.1) is 15.0 Å². The Morgan fingerprint density at radius 1 is 1.19 bits per heavy atom. The molecule has 0 radical (unpaired) electrons. The largest absolute Gasteiger partial charge is 0.506 e. The molecule has 0 bridgehead atoms. The normalized spacial score (nSPS) is 17.0. The highest BCUT2D eigenvalue weighted by molar-refractivity contribution is 5.73. The summed E-state index contributed by atoms with van der Waals surface area (Å²) in [5.74, 6) is 0.755. The minimum atomic E-state index is 0.102. The summed E-state index contributed by atoms with van der Waals surface area (Å²) in [5.41, 5.74) is 2.03. The highest BCUT2D eigenvalue weighted by atomic mass is 16.6. The van der Waals surface area contributed by atoms with E-state index in [-0.39, 0.29) is 11.9 Å². The van der Waals surface area contributed by atoms with E-state index in [1.54, 1.807) is 18.2 Å². The number of aromatic hydroxyl groups is 1. The molecule has 6 nitrogen and oxygen atoms in total. The van der Waals surface area contributed by atoms with Crippen LogP contribution >= 0.6 is 0 Å². The van der Waals surface area contributed by atoms with Gasteiger partial charge < -0.3 is 14.6 Å². The second-order valence-electron chi connectivity index (χ2n) is 4.90. The Morgan fingerprint density at radius 3 is 2.57 bits per heavy atom. The highest BCUT2D eigenvalue weighted by Gasteiger charge is 2.23. The second-order valence-corrected chi connectivity index (χ2v) is 4.90. The number of epoxide rings is 1. The summed E-state index contributed by atoms with van der Waals surface area (Å²) < 4.78 is 10.7. The number of phenolic OH excluding ortho intramolecular Hbond substituents is 1. The lowest BCUT2D eigenvalue weighted by atomic mass is 10.3. The van der Waals surface area contributed by atoms with Crippen molar-refractivity contribution >= 4 is 11.0 Å². The van der Waals surface area contributed by atoms with Crippen molar-refractivity contribution in [2.75, 3.05) is 13.2 Å². The van der Waals surface area contributed by atoms with Crippen LogP contribution in [-0.2, 0) is 4.74 Å². The Morgan fingerprint density at radius 2 is 1.90 bits per heavy atom. The van der Waals surface area contributed by atoms with Crippen molar-refractivity contribution in [1.29, 1.82) is 0 Å². The second kappa shape index (κ2) is 4.75. The van der Waals surface area contributed by atoms with E-state index in [1.807, 2.05) is 24.3 Å². The van der Waals surface area contributed by atoms with Crippen LogP contribution in [0, 0.1) is 0 Å². The molecule has 0 saturated carbocycles. The first-order valence-corrected chi connectivity index (χ1v) is 6.69. The first-order chi connectivity index (χ1) is 10.3. The van der Waals surface area contributed by atoms with Crippen molar-refractivity contribution in [2.45, 2.75) is 6.10 Å². The van der Waals surface area contributed by atoms with Crippen LogP contribution in [0.15, 0.2) is 42.5 Å². The van der Waals surface area contributed by atoms with Crippen LogP contribution in [0.1, 0.15) is 0 Å². The van der Waals surface area contributed by atoms with Gasteiger partial charge in [0.25, 0.3) is 0 Å². The van der Waals surface area contributed by atoms with Gasteiger partial charge in [-0.3, -0.25) is 0 Å². The predicted octanol–water partition coefficient (Wildman–Crippen LogP) is 1.90. The molecule has 2 aromatic carbocycles. The van der Waals surface area contributed by atoms with Gasteiger partial charge in [-0.2, -0.15) is 0 Å². The van der Waals surface area contributed by atoms with Gasteiger partial charge in [0, 0.05) is 6.07 Å². The van der Waals surface area contributed by atoms with Crippen LogP contribution < -0.4 is 4.74 Å². The van der Waals surface area contributed by atoms with Gasteiger partial charge in [-0.05, 0) is 24.3 Å². The van der Waals surface area contributed by atoms with Gasteiger partial charge in [0.2, 0.25) is 0 Å². The minimum absolute atomic E-state index is 0.102. The van der Waals surface area contributed by atoms with Crippen LogP contribution in [0.5, 0.6) is 11.5 Å². The van der Waals surface area contributed by atoms with Crippen molar-refractivity contribution in [3.05, 3.63) is 42.5 Å². The zero-order valence-electron chi connectivity index (χ0n) is 11.1. The lowest BCUT2D eigenvalue weighted by Crippen LogP contribution is -2.05. The molecule has 4 rings (SSSR count). The molecule has 1 aliphatic rings. The fourth-order valence-corrected chi connectivity index (χ4v) is 2.07. The topological polar surface area (TPSA) is 72.7 Å². The number of nitrogens with zero attached hydrogens (tertiary/aromatic N) is 3. The van der Waals surface area contributed by atoms with Crippen molar-refractivity contribution in [1.82, 2.24) is 15.0 Å². The van der Waals surface area contributed by atoms with Crippen molar-refractivity contribution < 1.29 is 14.6 Å². The average molecular weight is 283 g/mol. The number of ether oxygens (including phenoxy) is 2. The lowest BCUT2D eigenvalue weighted by molar-refractivity contribution is 0.262.